The molecular weight excluding hydrogens is 290 g/mol. The van der Waals surface area contributed by atoms with Crippen molar-refractivity contribution < 1.29 is 0 Å². The van der Waals surface area contributed by atoms with Crippen molar-refractivity contribution >= 4 is 21.4 Å². The Morgan fingerprint density at radius 2 is 2.33 bits per heavy atom. The summed E-state index contributed by atoms with van der Waals surface area (Å²) in [4.78, 5) is 7.10. The first-order valence-electron chi connectivity index (χ1n) is 6.60. The summed E-state index contributed by atoms with van der Waals surface area (Å²) in [5.41, 5.74) is 1.18. The minimum absolute atomic E-state index is 0.759. The molecule has 3 heterocycles. The first kappa shape index (κ1) is 12.2. The van der Waals surface area contributed by atoms with E-state index in [9.17, 15) is 0 Å². The van der Waals surface area contributed by atoms with Gasteiger partial charge in [-0.15, -0.1) is 0 Å². The van der Waals surface area contributed by atoms with Crippen molar-refractivity contribution in [3.05, 3.63) is 34.8 Å². The molecular formula is C14H18BrN3. The number of hydrogen-bond acceptors (Lipinski definition) is 2. The van der Waals surface area contributed by atoms with E-state index in [0.29, 0.717) is 0 Å². The van der Waals surface area contributed by atoms with Gasteiger partial charge in [-0.05, 0) is 53.5 Å². The Hall–Kier alpha value is -0.870. The molecule has 1 aliphatic heterocycles. The van der Waals surface area contributed by atoms with Crippen LogP contribution in [-0.4, -0.2) is 33.9 Å². The molecule has 0 radical (unpaired) electrons. The molecule has 3 rings (SSSR count). The molecule has 0 aliphatic carbocycles. The van der Waals surface area contributed by atoms with E-state index in [-0.39, 0.29) is 0 Å². The highest BCUT2D eigenvalue weighted by Gasteiger charge is 2.22. The second kappa shape index (κ2) is 5.02. The average molecular weight is 308 g/mol. The van der Waals surface area contributed by atoms with Crippen LogP contribution < -0.4 is 0 Å². The number of hydrogen-bond donors (Lipinski definition) is 0. The molecule has 0 aromatic carbocycles. The highest BCUT2D eigenvalue weighted by molar-refractivity contribution is 9.10. The maximum Gasteiger partial charge on any atom is 0.113 e. The average Bonchev–Trinajstić information content (AvgIpc) is 2.97. The van der Waals surface area contributed by atoms with Crippen molar-refractivity contribution in [1.29, 1.82) is 0 Å². The van der Waals surface area contributed by atoms with E-state index in [1.54, 1.807) is 0 Å². The molecule has 2 aromatic heterocycles. The van der Waals surface area contributed by atoms with Crippen LogP contribution in [0.1, 0.15) is 19.2 Å². The maximum atomic E-state index is 4.57. The number of fused-ring (bicyclic) bond motifs is 1. The Bertz CT molecular complexity index is 549. The van der Waals surface area contributed by atoms with Gasteiger partial charge in [0.2, 0.25) is 0 Å². The highest BCUT2D eigenvalue weighted by atomic mass is 79.9. The molecule has 1 unspecified atom stereocenters. The zero-order valence-corrected chi connectivity index (χ0v) is 12.2. The van der Waals surface area contributed by atoms with Crippen LogP contribution in [0.25, 0.3) is 5.52 Å². The number of halogens is 1. The van der Waals surface area contributed by atoms with Gasteiger partial charge < -0.3 is 9.30 Å². The molecule has 1 fully saturated rings. The Kier molecular flexibility index (Phi) is 3.39. The minimum atomic E-state index is 0.759. The summed E-state index contributed by atoms with van der Waals surface area (Å²) in [5.74, 6) is 1.95. The Morgan fingerprint density at radius 1 is 1.44 bits per heavy atom. The number of pyridine rings is 1. The molecule has 0 amide bonds. The fraction of sp³-hybridized carbons (Fsp3) is 0.500. The number of nitrogens with zero attached hydrogens (tertiary/aromatic N) is 3. The molecule has 1 aliphatic rings. The summed E-state index contributed by atoms with van der Waals surface area (Å²) in [5, 5.41) is 0. The van der Waals surface area contributed by atoms with E-state index in [1.807, 2.05) is 6.20 Å². The Morgan fingerprint density at radius 3 is 3.11 bits per heavy atom. The van der Waals surface area contributed by atoms with E-state index in [2.05, 4.69) is 55.5 Å². The lowest BCUT2D eigenvalue weighted by atomic mass is 10.0. The monoisotopic (exact) mass is 307 g/mol. The molecule has 0 spiro atoms. The first-order chi connectivity index (χ1) is 8.76. The van der Waals surface area contributed by atoms with Crippen LogP contribution in [0, 0.1) is 5.92 Å². The van der Waals surface area contributed by atoms with Gasteiger partial charge in [0.15, 0.2) is 0 Å². The van der Waals surface area contributed by atoms with E-state index in [4.69, 9.17) is 0 Å². The molecule has 2 aromatic rings. The van der Waals surface area contributed by atoms with E-state index < -0.39 is 0 Å². The predicted octanol–water partition coefficient (Wildman–Crippen LogP) is 2.98. The normalized spacial score (nSPS) is 20.9. The quantitative estimate of drug-likeness (QED) is 0.869. The third kappa shape index (κ3) is 2.31. The van der Waals surface area contributed by atoms with Crippen molar-refractivity contribution in [3.8, 4) is 0 Å². The lowest BCUT2D eigenvalue weighted by Crippen LogP contribution is -2.20. The van der Waals surface area contributed by atoms with Gasteiger partial charge in [-0.25, -0.2) is 4.98 Å². The van der Waals surface area contributed by atoms with Gasteiger partial charge in [-0.1, -0.05) is 6.92 Å². The summed E-state index contributed by atoms with van der Waals surface area (Å²) in [7, 11) is 0. The Balaban J connectivity index is 1.80. The third-order valence-corrected chi connectivity index (χ3v) is 4.33. The highest BCUT2D eigenvalue weighted by Crippen LogP contribution is 2.21. The van der Waals surface area contributed by atoms with Gasteiger partial charge in [-0.2, -0.15) is 0 Å². The summed E-state index contributed by atoms with van der Waals surface area (Å²) in [6.07, 6.45) is 6.47. The topological polar surface area (TPSA) is 20.5 Å². The zero-order valence-electron chi connectivity index (χ0n) is 10.6. The molecule has 96 valence electrons. The Labute approximate surface area is 116 Å². The SMILES string of the molecule is CCN1CCC(Cc2ncc3ccc(Br)cn23)C1. The molecule has 3 nitrogen and oxygen atoms in total. The van der Waals surface area contributed by atoms with Crippen LogP contribution in [0.15, 0.2) is 29.0 Å². The van der Waals surface area contributed by atoms with Crippen LogP contribution in [0.5, 0.6) is 0 Å². The number of likely N-dealkylation sites (tertiary alicyclic amines) is 1. The fourth-order valence-corrected chi connectivity index (χ4v) is 3.13. The first-order valence-corrected chi connectivity index (χ1v) is 7.39. The largest absolute Gasteiger partial charge is 0.303 e. The van der Waals surface area contributed by atoms with Gasteiger partial charge in [-0.3, -0.25) is 0 Å². The molecule has 1 atom stereocenters. The van der Waals surface area contributed by atoms with Crippen molar-refractivity contribution in [2.24, 2.45) is 5.92 Å². The van der Waals surface area contributed by atoms with Gasteiger partial charge in [0.1, 0.15) is 5.82 Å². The van der Waals surface area contributed by atoms with Crippen molar-refractivity contribution in [3.63, 3.8) is 0 Å². The van der Waals surface area contributed by atoms with Gasteiger partial charge in [0, 0.05) is 23.6 Å². The molecule has 4 heteroatoms. The van der Waals surface area contributed by atoms with E-state index in [1.165, 1.54) is 37.4 Å². The van der Waals surface area contributed by atoms with Gasteiger partial charge in [0.25, 0.3) is 0 Å². The van der Waals surface area contributed by atoms with Crippen molar-refractivity contribution in [2.75, 3.05) is 19.6 Å². The standard InChI is InChI=1S/C14H18BrN3/c1-2-17-6-5-11(9-17)7-14-16-8-13-4-3-12(15)10-18(13)14/h3-4,8,10-11H,2,5-7,9H2,1H3. The van der Waals surface area contributed by atoms with E-state index in [0.717, 1.165) is 16.8 Å². The molecule has 0 N–H and O–H groups in total. The number of rotatable bonds is 3. The van der Waals surface area contributed by atoms with Crippen molar-refractivity contribution in [1.82, 2.24) is 14.3 Å². The predicted molar refractivity (Wildman–Crippen MR) is 76.8 cm³/mol. The fourth-order valence-electron chi connectivity index (χ4n) is 2.79. The summed E-state index contributed by atoms with van der Waals surface area (Å²) >= 11 is 3.53. The number of imidazole rings is 1. The number of aromatic nitrogens is 2. The second-order valence-electron chi connectivity index (χ2n) is 5.07. The molecule has 18 heavy (non-hydrogen) atoms. The van der Waals surface area contributed by atoms with Crippen LogP contribution in [0.4, 0.5) is 0 Å². The zero-order chi connectivity index (χ0) is 12.5. The van der Waals surface area contributed by atoms with Crippen LogP contribution in [0.2, 0.25) is 0 Å². The van der Waals surface area contributed by atoms with Crippen LogP contribution >= 0.6 is 15.9 Å². The van der Waals surface area contributed by atoms with Crippen molar-refractivity contribution in [2.45, 2.75) is 19.8 Å². The lowest BCUT2D eigenvalue weighted by molar-refractivity contribution is 0.341. The smallest absolute Gasteiger partial charge is 0.113 e. The molecule has 0 saturated carbocycles. The summed E-state index contributed by atoms with van der Waals surface area (Å²) < 4.78 is 3.31. The third-order valence-electron chi connectivity index (χ3n) is 3.86. The maximum absolute atomic E-state index is 4.57. The second-order valence-corrected chi connectivity index (χ2v) is 5.98. The van der Waals surface area contributed by atoms with Crippen LogP contribution in [-0.2, 0) is 6.42 Å². The van der Waals surface area contributed by atoms with E-state index >= 15 is 0 Å². The summed E-state index contributed by atoms with van der Waals surface area (Å²) in [6, 6.07) is 4.17. The lowest BCUT2D eigenvalue weighted by Gasteiger charge is -2.12. The molecule has 0 bridgehead atoms. The van der Waals surface area contributed by atoms with Gasteiger partial charge >= 0.3 is 0 Å². The summed E-state index contributed by atoms with van der Waals surface area (Å²) in [6.45, 7) is 5.88. The van der Waals surface area contributed by atoms with Gasteiger partial charge in [0.05, 0.1) is 11.7 Å². The molecule has 1 saturated heterocycles. The van der Waals surface area contributed by atoms with Crippen LogP contribution in [0.3, 0.4) is 0 Å². The minimum Gasteiger partial charge on any atom is -0.303 e.